The van der Waals surface area contributed by atoms with E-state index in [9.17, 15) is 0 Å². The maximum Gasteiger partial charge on any atom is 0.181 e. The molecule has 0 spiro atoms. The zero-order valence-electron chi connectivity index (χ0n) is 9.40. The Hall–Kier alpha value is -0.870. The first-order valence-electron chi connectivity index (χ1n) is 5.49. The molecule has 2 heterocycles. The number of hydrogen-bond donors (Lipinski definition) is 0. The van der Waals surface area contributed by atoms with Gasteiger partial charge in [-0.2, -0.15) is 0 Å². The summed E-state index contributed by atoms with van der Waals surface area (Å²) in [5.41, 5.74) is 1.08. The van der Waals surface area contributed by atoms with Gasteiger partial charge in [0.15, 0.2) is 6.39 Å². The van der Waals surface area contributed by atoms with Crippen molar-refractivity contribution < 1.29 is 9.15 Å². The monoisotopic (exact) mass is 210 g/mol. The quantitative estimate of drug-likeness (QED) is 0.760. The van der Waals surface area contributed by atoms with Crippen molar-refractivity contribution in [2.24, 2.45) is 0 Å². The molecule has 0 radical (unpaired) electrons. The Morgan fingerprint density at radius 1 is 1.40 bits per heavy atom. The molecule has 84 valence electrons. The highest BCUT2D eigenvalue weighted by atomic mass is 16.5. The summed E-state index contributed by atoms with van der Waals surface area (Å²) in [7, 11) is 0. The molecule has 0 aromatic carbocycles. The first-order valence-corrected chi connectivity index (χ1v) is 5.49. The number of hydrogen-bond acceptors (Lipinski definition) is 4. The molecule has 1 aliphatic heterocycles. The van der Waals surface area contributed by atoms with Gasteiger partial charge >= 0.3 is 0 Å². The van der Waals surface area contributed by atoms with Crippen molar-refractivity contribution in [1.82, 2.24) is 9.88 Å². The van der Waals surface area contributed by atoms with E-state index < -0.39 is 0 Å². The summed E-state index contributed by atoms with van der Waals surface area (Å²) in [6.07, 6.45) is 1.55. The predicted molar refractivity (Wildman–Crippen MR) is 56.7 cm³/mol. The van der Waals surface area contributed by atoms with E-state index in [1.165, 1.54) is 0 Å². The maximum atomic E-state index is 5.40. The fraction of sp³-hybridized carbons (Fsp3) is 0.727. The van der Waals surface area contributed by atoms with E-state index in [4.69, 9.17) is 9.15 Å². The van der Waals surface area contributed by atoms with Gasteiger partial charge in [0.25, 0.3) is 0 Å². The van der Waals surface area contributed by atoms with Crippen LogP contribution < -0.4 is 0 Å². The normalized spacial score (nSPS) is 18.6. The summed E-state index contributed by atoms with van der Waals surface area (Å²) in [6.45, 7) is 8.78. The Balaban J connectivity index is 1.99. The summed E-state index contributed by atoms with van der Waals surface area (Å²) in [4.78, 5) is 6.64. The molecule has 4 heteroatoms. The van der Waals surface area contributed by atoms with E-state index in [0.717, 1.165) is 44.3 Å². The fourth-order valence-corrected chi connectivity index (χ4v) is 1.84. The van der Waals surface area contributed by atoms with Gasteiger partial charge in [0, 0.05) is 25.6 Å². The summed E-state index contributed by atoms with van der Waals surface area (Å²) >= 11 is 0. The minimum atomic E-state index is 0.406. The first-order chi connectivity index (χ1) is 7.27. The lowest BCUT2D eigenvalue weighted by Crippen LogP contribution is -2.36. The second kappa shape index (κ2) is 4.77. The van der Waals surface area contributed by atoms with Crippen molar-refractivity contribution in [2.75, 3.05) is 26.3 Å². The van der Waals surface area contributed by atoms with Crippen molar-refractivity contribution in [1.29, 1.82) is 0 Å². The molecule has 1 saturated heterocycles. The van der Waals surface area contributed by atoms with Gasteiger partial charge in [-0.3, -0.25) is 4.90 Å². The highest BCUT2D eigenvalue weighted by molar-refractivity contribution is 5.11. The van der Waals surface area contributed by atoms with Crippen LogP contribution >= 0.6 is 0 Å². The fourth-order valence-electron chi connectivity index (χ4n) is 1.84. The molecule has 4 nitrogen and oxygen atoms in total. The number of aromatic nitrogens is 1. The lowest BCUT2D eigenvalue weighted by molar-refractivity contribution is 0.0334. The smallest absolute Gasteiger partial charge is 0.181 e. The SMILES string of the molecule is CC(C)c1ocnc1CN1CCOCC1. The molecule has 0 saturated carbocycles. The van der Waals surface area contributed by atoms with Gasteiger partial charge in [-0.25, -0.2) is 4.98 Å². The van der Waals surface area contributed by atoms with E-state index in [1.807, 2.05) is 0 Å². The van der Waals surface area contributed by atoms with Gasteiger partial charge in [0.1, 0.15) is 5.76 Å². The van der Waals surface area contributed by atoms with E-state index in [1.54, 1.807) is 6.39 Å². The van der Waals surface area contributed by atoms with Crippen LogP contribution in [0.3, 0.4) is 0 Å². The second-order valence-electron chi connectivity index (χ2n) is 4.21. The van der Waals surface area contributed by atoms with Crippen LogP contribution in [0.15, 0.2) is 10.8 Å². The number of ether oxygens (including phenoxy) is 1. The molecule has 15 heavy (non-hydrogen) atoms. The molecule has 0 amide bonds. The van der Waals surface area contributed by atoms with Crippen LogP contribution in [0.25, 0.3) is 0 Å². The standard InChI is InChI=1S/C11H18N2O2/c1-9(2)11-10(12-8-15-11)7-13-3-5-14-6-4-13/h8-9H,3-7H2,1-2H3. The van der Waals surface area contributed by atoms with Crippen LogP contribution in [-0.2, 0) is 11.3 Å². The van der Waals surface area contributed by atoms with Crippen molar-refractivity contribution in [3.8, 4) is 0 Å². The van der Waals surface area contributed by atoms with Crippen LogP contribution in [0.4, 0.5) is 0 Å². The molecular formula is C11H18N2O2. The van der Waals surface area contributed by atoms with Gasteiger partial charge in [-0.15, -0.1) is 0 Å². The Kier molecular flexibility index (Phi) is 3.38. The summed E-state index contributed by atoms with van der Waals surface area (Å²) in [5.74, 6) is 1.42. The lowest BCUT2D eigenvalue weighted by Gasteiger charge is -2.26. The second-order valence-corrected chi connectivity index (χ2v) is 4.21. The molecule has 1 aromatic rings. The minimum Gasteiger partial charge on any atom is -0.448 e. The third kappa shape index (κ3) is 2.58. The zero-order valence-corrected chi connectivity index (χ0v) is 9.40. The molecule has 0 unspecified atom stereocenters. The highest BCUT2D eigenvalue weighted by Gasteiger charge is 2.17. The van der Waals surface area contributed by atoms with Crippen molar-refractivity contribution in [2.45, 2.75) is 26.3 Å². The van der Waals surface area contributed by atoms with Gasteiger partial charge in [0.05, 0.1) is 18.9 Å². The topological polar surface area (TPSA) is 38.5 Å². The van der Waals surface area contributed by atoms with Gasteiger partial charge < -0.3 is 9.15 Å². The molecular weight excluding hydrogens is 192 g/mol. The third-order valence-electron chi connectivity index (χ3n) is 2.67. The van der Waals surface area contributed by atoms with Crippen molar-refractivity contribution >= 4 is 0 Å². The first kappa shape index (κ1) is 10.6. The Morgan fingerprint density at radius 2 is 2.13 bits per heavy atom. The highest BCUT2D eigenvalue weighted by Crippen LogP contribution is 2.19. The van der Waals surface area contributed by atoms with Gasteiger partial charge in [-0.1, -0.05) is 13.8 Å². The minimum absolute atomic E-state index is 0.406. The third-order valence-corrected chi connectivity index (χ3v) is 2.67. The molecule has 0 N–H and O–H groups in total. The van der Waals surface area contributed by atoms with E-state index in [0.29, 0.717) is 5.92 Å². The molecule has 1 aliphatic rings. The number of morpholine rings is 1. The van der Waals surface area contributed by atoms with Gasteiger partial charge in [-0.05, 0) is 0 Å². The maximum absolute atomic E-state index is 5.40. The van der Waals surface area contributed by atoms with Crippen LogP contribution in [0, 0.1) is 0 Å². The van der Waals surface area contributed by atoms with E-state index in [2.05, 4.69) is 23.7 Å². The largest absolute Gasteiger partial charge is 0.448 e. The average molecular weight is 210 g/mol. The molecule has 1 fully saturated rings. The molecule has 0 bridgehead atoms. The molecule has 0 atom stereocenters. The van der Waals surface area contributed by atoms with E-state index >= 15 is 0 Å². The Labute approximate surface area is 90.2 Å². The zero-order chi connectivity index (χ0) is 10.7. The lowest BCUT2D eigenvalue weighted by atomic mass is 10.1. The molecule has 1 aromatic heterocycles. The van der Waals surface area contributed by atoms with Crippen LogP contribution in [-0.4, -0.2) is 36.2 Å². The van der Waals surface area contributed by atoms with Crippen LogP contribution in [0.5, 0.6) is 0 Å². The predicted octanol–water partition coefficient (Wildman–Crippen LogP) is 1.63. The summed E-state index contributed by atoms with van der Waals surface area (Å²) < 4.78 is 10.7. The summed E-state index contributed by atoms with van der Waals surface area (Å²) in [6, 6.07) is 0. The number of rotatable bonds is 3. The van der Waals surface area contributed by atoms with Crippen LogP contribution in [0.2, 0.25) is 0 Å². The van der Waals surface area contributed by atoms with Crippen LogP contribution in [0.1, 0.15) is 31.2 Å². The van der Waals surface area contributed by atoms with Crippen molar-refractivity contribution in [3.63, 3.8) is 0 Å². The van der Waals surface area contributed by atoms with Crippen molar-refractivity contribution in [3.05, 3.63) is 17.8 Å². The Bertz CT molecular complexity index is 303. The molecule has 2 rings (SSSR count). The van der Waals surface area contributed by atoms with Gasteiger partial charge in [0.2, 0.25) is 0 Å². The summed E-state index contributed by atoms with van der Waals surface area (Å²) in [5, 5.41) is 0. The average Bonchev–Trinajstić information content (AvgIpc) is 2.67. The molecule has 0 aliphatic carbocycles. The number of oxazole rings is 1. The Morgan fingerprint density at radius 3 is 2.80 bits per heavy atom. The van der Waals surface area contributed by atoms with E-state index in [-0.39, 0.29) is 0 Å². The number of nitrogens with zero attached hydrogens (tertiary/aromatic N) is 2.